The van der Waals surface area contributed by atoms with Crippen LogP contribution in [0.15, 0.2) is 49.1 Å². The smallest absolute Gasteiger partial charge is 0.252 e. The zero-order valence-electron chi connectivity index (χ0n) is 20.4. The van der Waals surface area contributed by atoms with Crippen molar-refractivity contribution in [2.45, 2.75) is 52.7 Å². The molecular weight excluding hydrogens is 426 g/mol. The molecule has 0 spiro atoms. The molecule has 4 aromatic rings. The summed E-state index contributed by atoms with van der Waals surface area (Å²) in [6.07, 6.45) is 7.40. The number of aromatic amines is 1. The molecule has 34 heavy (non-hydrogen) atoms. The number of imidazole rings is 1. The second-order valence-corrected chi connectivity index (χ2v) is 9.03. The van der Waals surface area contributed by atoms with Gasteiger partial charge in [-0.25, -0.2) is 14.6 Å². The third-order valence-corrected chi connectivity index (χ3v) is 5.86. The number of nitrogens with zero attached hydrogens (tertiary/aromatic N) is 5. The molecule has 0 radical (unpaired) electrons. The van der Waals surface area contributed by atoms with Crippen LogP contribution in [0.5, 0.6) is 0 Å². The number of nitrogens with one attached hydrogen (secondary N) is 2. The van der Waals surface area contributed by atoms with Gasteiger partial charge in [-0.05, 0) is 51.6 Å². The SMILES string of the molecule is CCCCN(C)Cc1cccc(-c2cc(C(=O)NCc3cnc[nH]3)c3cnn(C(C)C)c3n2)c1. The average Bonchev–Trinajstić information content (AvgIpc) is 3.50. The predicted octanol–water partition coefficient (Wildman–Crippen LogP) is 4.56. The van der Waals surface area contributed by atoms with Crippen LogP contribution < -0.4 is 5.32 Å². The van der Waals surface area contributed by atoms with Gasteiger partial charge in [-0.3, -0.25) is 4.79 Å². The van der Waals surface area contributed by atoms with Gasteiger partial charge in [0, 0.05) is 24.3 Å². The number of aromatic nitrogens is 5. The third kappa shape index (κ3) is 5.34. The Morgan fingerprint density at radius 1 is 1.24 bits per heavy atom. The van der Waals surface area contributed by atoms with Gasteiger partial charge in [-0.2, -0.15) is 5.10 Å². The van der Waals surface area contributed by atoms with E-state index in [2.05, 4.69) is 71.3 Å². The first-order chi connectivity index (χ1) is 16.5. The fourth-order valence-electron chi connectivity index (χ4n) is 4.03. The maximum absolute atomic E-state index is 13.2. The second-order valence-electron chi connectivity index (χ2n) is 9.03. The summed E-state index contributed by atoms with van der Waals surface area (Å²) >= 11 is 0. The van der Waals surface area contributed by atoms with E-state index in [1.807, 2.05) is 16.8 Å². The summed E-state index contributed by atoms with van der Waals surface area (Å²) in [7, 11) is 2.15. The minimum atomic E-state index is -0.165. The number of benzene rings is 1. The Morgan fingerprint density at radius 2 is 2.09 bits per heavy atom. The molecule has 1 aromatic carbocycles. The van der Waals surface area contributed by atoms with Crippen molar-refractivity contribution in [2.75, 3.05) is 13.6 Å². The lowest BCUT2D eigenvalue weighted by molar-refractivity contribution is 0.0952. The van der Waals surface area contributed by atoms with Crippen LogP contribution in [-0.2, 0) is 13.1 Å². The molecule has 0 aliphatic rings. The Bertz CT molecular complexity index is 1240. The van der Waals surface area contributed by atoms with Crippen LogP contribution >= 0.6 is 0 Å². The molecule has 8 nitrogen and oxygen atoms in total. The number of rotatable bonds is 10. The van der Waals surface area contributed by atoms with Crippen LogP contribution in [0.2, 0.25) is 0 Å². The van der Waals surface area contributed by atoms with Gasteiger partial charge in [-0.1, -0.05) is 31.5 Å². The predicted molar refractivity (Wildman–Crippen MR) is 134 cm³/mol. The maximum atomic E-state index is 13.2. The summed E-state index contributed by atoms with van der Waals surface area (Å²) < 4.78 is 1.87. The fraction of sp³-hybridized carbons (Fsp3) is 0.385. The summed E-state index contributed by atoms with van der Waals surface area (Å²) in [6.45, 7) is 8.64. The molecule has 0 saturated carbocycles. The van der Waals surface area contributed by atoms with Crippen molar-refractivity contribution in [1.82, 2.24) is 34.9 Å². The van der Waals surface area contributed by atoms with E-state index in [0.29, 0.717) is 17.8 Å². The summed E-state index contributed by atoms with van der Waals surface area (Å²) in [4.78, 5) is 27.5. The number of hydrogen-bond acceptors (Lipinski definition) is 5. The summed E-state index contributed by atoms with van der Waals surface area (Å²) in [5.41, 5.74) is 5.10. The van der Waals surface area contributed by atoms with Gasteiger partial charge >= 0.3 is 0 Å². The first-order valence-electron chi connectivity index (χ1n) is 11.9. The number of carbonyl (C=O) groups is 1. The quantitative estimate of drug-likeness (QED) is 0.363. The van der Waals surface area contributed by atoms with Crippen molar-refractivity contribution in [2.24, 2.45) is 0 Å². The van der Waals surface area contributed by atoms with E-state index in [1.165, 1.54) is 18.4 Å². The standard InChI is InChI=1S/C26H33N7O/c1-5-6-10-32(4)16-19-8-7-9-20(11-19)24-12-22(26(34)28-14-21-13-27-17-29-21)23-15-30-33(18(2)3)25(23)31-24/h7-9,11-13,15,17-18H,5-6,10,14,16H2,1-4H3,(H,27,29)(H,28,34). The molecule has 0 unspecified atom stereocenters. The van der Waals surface area contributed by atoms with E-state index in [4.69, 9.17) is 4.98 Å². The van der Waals surface area contributed by atoms with E-state index in [0.717, 1.165) is 35.4 Å². The number of hydrogen-bond donors (Lipinski definition) is 2. The van der Waals surface area contributed by atoms with Gasteiger partial charge in [0.15, 0.2) is 5.65 Å². The van der Waals surface area contributed by atoms with Crippen LogP contribution in [0.1, 0.15) is 61.3 Å². The third-order valence-electron chi connectivity index (χ3n) is 5.86. The van der Waals surface area contributed by atoms with Gasteiger partial charge < -0.3 is 15.2 Å². The average molecular weight is 460 g/mol. The molecule has 0 aliphatic carbocycles. The molecule has 0 aliphatic heterocycles. The minimum Gasteiger partial charge on any atom is -0.347 e. The molecule has 0 saturated heterocycles. The molecule has 2 N–H and O–H groups in total. The number of amides is 1. The molecule has 178 valence electrons. The molecule has 8 heteroatoms. The fourth-order valence-corrected chi connectivity index (χ4v) is 4.03. The lowest BCUT2D eigenvalue weighted by Crippen LogP contribution is -2.23. The second kappa shape index (κ2) is 10.6. The van der Waals surface area contributed by atoms with Gasteiger partial charge in [0.2, 0.25) is 0 Å². The molecule has 0 atom stereocenters. The largest absolute Gasteiger partial charge is 0.347 e. The van der Waals surface area contributed by atoms with Crippen molar-refractivity contribution < 1.29 is 4.79 Å². The first-order valence-corrected chi connectivity index (χ1v) is 11.9. The molecule has 1 amide bonds. The van der Waals surface area contributed by atoms with Gasteiger partial charge in [-0.15, -0.1) is 0 Å². The normalized spacial score (nSPS) is 11.6. The highest BCUT2D eigenvalue weighted by Crippen LogP contribution is 2.27. The minimum absolute atomic E-state index is 0.125. The van der Waals surface area contributed by atoms with Gasteiger partial charge in [0.25, 0.3) is 5.91 Å². The Labute approximate surface area is 200 Å². The Balaban J connectivity index is 1.69. The number of unbranched alkanes of at least 4 members (excludes halogenated alkanes) is 1. The summed E-state index contributed by atoms with van der Waals surface area (Å²) in [5, 5.41) is 8.25. The van der Waals surface area contributed by atoms with Gasteiger partial charge in [0.1, 0.15) is 0 Å². The Morgan fingerprint density at radius 3 is 2.82 bits per heavy atom. The number of H-pyrrole nitrogens is 1. The maximum Gasteiger partial charge on any atom is 0.252 e. The molecule has 0 fully saturated rings. The number of carbonyl (C=O) groups excluding carboxylic acids is 1. The van der Waals surface area contributed by atoms with E-state index < -0.39 is 0 Å². The molecular formula is C26H33N7O. The van der Waals surface area contributed by atoms with Crippen LogP contribution in [0.25, 0.3) is 22.3 Å². The molecule has 3 aromatic heterocycles. The molecule has 0 bridgehead atoms. The van der Waals surface area contributed by atoms with Crippen molar-refractivity contribution in [3.63, 3.8) is 0 Å². The van der Waals surface area contributed by atoms with Crippen LogP contribution in [0, 0.1) is 0 Å². The highest BCUT2D eigenvalue weighted by molar-refractivity contribution is 6.06. The van der Waals surface area contributed by atoms with Crippen LogP contribution in [0.4, 0.5) is 0 Å². The zero-order chi connectivity index (χ0) is 24.1. The van der Waals surface area contributed by atoms with Crippen molar-refractivity contribution in [1.29, 1.82) is 0 Å². The van der Waals surface area contributed by atoms with E-state index in [9.17, 15) is 4.79 Å². The lowest BCUT2D eigenvalue weighted by atomic mass is 10.0. The van der Waals surface area contributed by atoms with Crippen molar-refractivity contribution >= 4 is 16.9 Å². The highest BCUT2D eigenvalue weighted by atomic mass is 16.1. The van der Waals surface area contributed by atoms with Crippen LogP contribution in [-0.4, -0.2) is 49.1 Å². The van der Waals surface area contributed by atoms with E-state index in [1.54, 1.807) is 18.7 Å². The first kappa shape index (κ1) is 23.6. The highest BCUT2D eigenvalue weighted by Gasteiger charge is 2.19. The lowest BCUT2D eigenvalue weighted by Gasteiger charge is -2.17. The van der Waals surface area contributed by atoms with E-state index >= 15 is 0 Å². The molecule has 4 rings (SSSR count). The van der Waals surface area contributed by atoms with E-state index in [-0.39, 0.29) is 11.9 Å². The molecule has 3 heterocycles. The van der Waals surface area contributed by atoms with Gasteiger partial charge in [0.05, 0.1) is 41.4 Å². The topological polar surface area (TPSA) is 91.7 Å². The summed E-state index contributed by atoms with van der Waals surface area (Å²) in [5.74, 6) is -0.165. The zero-order valence-corrected chi connectivity index (χ0v) is 20.4. The summed E-state index contributed by atoms with van der Waals surface area (Å²) in [6, 6.07) is 10.4. The van der Waals surface area contributed by atoms with Crippen LogP contribution in [0.3, 0.4) is 0 Å². The monoisotopic (exact) mass is 459 g/mol. The number of fused-ring (bicyclic) bond motifs is 1. The number of pyridine rings is 1. The Hall–Kier alpha value is -3.52. The van der Waals surface area contributed by atoms with Crippen molar-refractivity contribution in [3.05, 3.63) is 65.9 Å². The Kier molecular flexibility index (Phi) is 7.37. The van der Waals surface area contributed by atoms with Crippen molar-refractivity contribution in [3.8, 4) is 11.3 Å².